The van der Waals surface area contributed by atoms with Crippen molar-refractivity contribution in [3.8, 4) is 5.75 Å². The maximum absolute atomic E-state index is 12.0. The normalized spacial score (nSPS) is 12.0. The first-order valence-corrected chi connectivity index (χ1v) is 5.71. The minimum Gasteiger partial charge on any atom is -0.494 e. The minimum atomic E-state index is -0.186. The van der Waals surface area contributed by atoms with E-state index < -0.39 is 0 Å². The molecule has 1 aromatic rings. The number of benzene rings is 1. The maximum atomic E-state index is 12.0. The van der Waals surface area contributed by atoms with Crippen LogP contribution in [0.4, 0.5) is 0 Å². The summed E-state index contributed by atoms with van der Waals surface area (Å²) in [7, 11) is 1.68. The first-order valence-electron chi connectivity index (χ1n) is 5.71. The van der Waals surface area contributed by atoms with Crippen LogP contribution in [-0.2, 0) is 0 Å². The Labute approximate surface area is 102 Å². The quantitative estimate of drug-likeness (QED) is 0.845. The smallest absolute Gasteiger partial charge is 0.253 e. The summed E-state index contributed by atoms with van der Waals surface area (Å²) in [5.41, 5.74) is 0.594. The monoisotopic (exact) mass is 237 g/mol. The Bertz CT molecular complexity index is 361. The second kappa shape index (κ2) is 6.25. The van der Waals surface area contributed by atoms with Gasteiger partial charge in [0.15, 0.2) is 0 Å². The number of carbonyl (C=O) groups is 1. The van der Waals surface area contributed by atoms with Crippen molar-refractivity contribution in [2.45, 2.75) is 19.9 Å². The molecule has 0 saturated heterocycles. The van der Waals surface area contributed by atoms with Gasteiger partial charge in [0.05, 0.1) is 19.3 Å². The molecule has 0 heterocycles. The van der Waals surface area contributed by atoms with Gasteiger partial charge in [-0.25, -0.2) is 0 Å². The Morgan fingerprint density at radius 2 is 2.00 bits per heavy atom. The van der Waals surface area contributed by atoms with Gasteiger partial charge in [-0.05, 0) is 38.1 Å². The van der Waals surface area contributed by atoms with Crippen LogP contribution in [0, 0.1) is 0 Å². The van der Waals surface area contributed by atoms with Gasteiger partial charge in [0.2, 0.25) is 0 Å². The van der Waals surface area contributed by atoms with Crippen molar-refractivity contribution in [2.24, 2.45) is 0 Å². The van der Waals surface area contributed by atoms with E-state index in [1.807, 2.05) is 6.92 Å². The standard InChI is InChI=1S/C13H19NO3/c1-4-17-12-7-5-11(6-8-12)13(16)14(3)10(2)9-15/h5-8,10,15H,4,9H2,1-3H3. The van der Waals surface area contributed by atoms with Gasteiger partial charge >= 0.3 is 0 Å². The lowest BCUT2D eigenvalue weighted by Crippen LogP contribution is -2.37. The highest BCUT2D eigenvalue weighted by molar-refractivity contribution is 5.94. The molecule has 1 amide bonds. The fourth-order valence-corrected chi connectivity index (χ4v) is 1.39. The molecule has 0 fully saturated rings. The molecule has 0 bridgehead atoms. The van der Waals surface area contributed by atoms with Crippen molar-refractivity contribution in [1.29, 1.82) is 0 Å². The predicted octanol–water partition coefficient (Wildman–Crippen LogP) is 1.54. The molecule has 0 saturated carbocycles. The van der Waals surface area contributed by atoms with E-state index in [-0.39, 0.29) is 18.6 Å². The second-order valence-electron chi connectivity index (χ2n) is 3.91. The third kappa shape index (κ3) is 3.46. The van der Waals surface area contributed by atoms with Gasteiger partial charge in [-0.1, -0.05) is 0 Å². The van der Waals surface area contributed by atoms with Gasteiger partial charge in [-0.15, -0.1) is 0 Å². The zero-order valence-electron chi connectivity index (χ0n) is 10.5. The summed E-state index contributed by atoms with van der Waals surface area (Å²) in [6.45, 7) is 4.27. The first-order chi connectivity index (χ1) is 8.10. The van der Waals surface area contributed by atoms with Crippen LogP contribution in [0.1, 0.15) is 24.2 Å². The number of nitrogens with zero attached hydrogens (tertiary/aromatic N) is 1. The number of aliphatic hydroxyl groups is 1. The van der Waals surface area contributed by atoms with Crippen LogP contribution in [0.25, 0.3) is 0 Å². The summed E-state index contributed by atoms with van der Waals surface area (Å²) in [5.74, 6) is 0.650. The summed E-state index contributed by atoms with van der Waals surface area (Å²) >= 11 is 0. The van der Waals surface area contributed by atoms with Gasteiger partial charge in [0, 0.05) is 12.6 Å². The lowest BCUT2D eigenvalue weighted by molar-refractivity contribution is 0.0682. The van der Waals surface area contributed by atoms with E-state index in [0.29, 0.717) is 12.2 Å². The topological polar surface area (TPSA) is 49.8 Å². The highest BCUT2D eigenvalue weighted by atomic mass is 16.5. The number of aliphatic hydroxyl groups excluding tert-OH is 1. The lowest BCUT2D eigenvalue weighted by Gasteiger charge is -2.23. The molecule has 0 spiro atoms. The number of ether oxygens (including phenoxy) is 1. The summed E-state index contributed by atoms with van der Waals surface area (Å²) < 4.78 is 5.30. The molecule has 0 aliphatic carbocycles. The van der Waals surface area contributed by atoms with Gasteiger partial charge in [0.1, 0.15) is 5.75 Å². The number of amides is 1. The molecule has 1 aromatic carbocycles. The summed E-state index contributed by atoms with van der Waals surface area (Å²) in [6, 6.07) is 6.82. The fraction of sp³-hybridized carbons (Fsp3) is 0.462. The molecule has 0 aliphatic heterocycles. The highest BCUT2D eigenvalue weighted by Crippen LogP contribution is 2.14. The Morgan fingerprint density at radius 3 is 2.47 bits per heavy atom. The molecule has 1 rings (SSSR count). The van der Waals surface area contributed by atoms with Crippen LogP contribution < -0.4 is 4.74 Å². The average Bonchev–Trinajstić information content (AvgIpc) is 2.37. The van der Waals surface area contributed by atoms with Crippen LogP contribution in [0.5, 0.6) is 5.75 Å². The Kier molecular flexibility index (Phi) is 4.97. The highest BCUT2D eigenvalue weighted by Gasteiger charge is 2.16. The molecule has 0 aliphatic rings. The van der Waals surface area contributed by atoms with Crippen molar-refractivity contribution in [2.75, 3.05) is 20.3 Å². The number of hydrogen-bond donors (Lipinski definition) is 1. The predicted molar refractivity (Wildman–Crippen MR) is 66.3 cm³/mol. The molecular formula is C13H19NO3. The molecule has 1 atom stereocenters. The van der Waals surface area contributed by atoms with Crippen LogP contribution in [-0.4, -0.2) is 42.2 Å². The molecule has 1 N–H and O–H groups in total. The van der Waals surface area contributed by atoms with Crippen molar-refractivity contribution in [3.63, 3.8) is 0 Å². The van der Waals surface area contributed by atoms with E-state index in [9.17, 15) is 4.79 Å². The third-order valence-corrected chi connectivity index (χ3v) is 2.66. The molecule has 94 valence electrons. The van der Waals surface area contributed by atoms with Crippen LogP contribution >= 0.6 is 0 Å². The van der Waals surface area contributed by atoms with Crippen molar-refractivity contribution in [1.82, 2.24) is 4.90 Å². The number of likely N-dealkylation sites (N-methyl/N-ethyl adjacent to an activating group) is 1. The maximum Gasteiger partial charge on any atom is 0.253 e. The SMILES string of the molecule is CCOc1ccc(C(=O)N(C)C(C)CO)cc1. The van der Waals surface area contributed by atoms with E-state index in [1.165, 1.54) is 4.90 Å². The molecule has 17 heavy (non-hydrogen) atoms. The van der Waals surface area contributed by atoms with Crippen molar-refractivity contribution >= 4 is 5.91 Å². The first kappa shape index (κ1) is 13.5. The van der Waals surface area contributed by atoms with Gasteiger partial charge < -0.3 is 14.7 Å². The molecule has 0 aromatic heterocycles. The van der Waals surface area contributed by atoms with Gasteiger partial charge in [-0.2, -0.15) is 0 Å². The molecular weight excluding hydrogens is 218 g/mol. The summed E-state index contributed by atoms with van der Waals surface area (Å²) in [4.78, 5) is 13.5. The van der Waals surface area contributed by atoms with Crippen molar-refractivity contribution in [3.05, 3.63) is 29.8 Å². The number of hydrogen-bond acceptors (Lipinski definition) is 3. The Balaban J connectivity index is 2.75. The summed E-state index contributed by atoms with van der Waals surface area (Å²) in [6.07, 6.45) is 0. The zero-order valence-corrected chi connectivity index (χ0v) is 10.5. The van der Waals surface area contributed by atoms with E-state index in [0.717, 1.165) is 5.75 Å². The second-order valence-corrected chi connectivity index (χ2v) is 3.91. The van der Waals surface area contributed by atoms with E-state index in [4.69, 9.17) is 9.84 Å². The van der Waals surface area contributed by atoms with Gasteiger partial charge in [0.25, 0.3) is 5.91 Å². The fourth-order valence-electron chi connectivity index (χ4n) is 1.39. The number of carbonyl (C=O) groups excluding carboxylic acids is 1. The zero-order chi connectivity index (χ0) is 12.8. The van der Waals surface area contributed by atoms with Crippen LogP contribution in [0.15, 0.2) is 24.3 Å². The van der Waals surface area contributed by atoms with Crippen molar-refractivity contribution < 1.29 is 14.6 Å². The van der Waals surface area contributed by atoms with Crippen LogP contribution in [0.3, 0.4) is 0 Å². The van der Waals surface area contributed by atoms with E-state index in [2.05, 4.69) is 0 Å². The Morgan fingerprint density at radius 1 is 1.41 bits per heavy atom. The van der Waals surface area contributed by atoms with Gasteiger partial charge in [-0.3, -0.25) is 4.79 Å². The van der Waals surface area contributed by atoms with E-state index in [1.54, 1.807) is 38.2 Å². The van der Waals surface area contributed by atoms with Crippen LogP contribution in [0.2, 0.25) is 0 Å². The molecule has 0 radical (unpaired) electrons. The molecule has 4 nitrogen and oxygen atoms in total. The minimum absolute atomic E-state index is 0.0424. The number of rotatable bonds is 5. The summed E-state index contributed by atoms with van der Waals surface area (Å²) in [5, 5.41) is 9.00. The average molecular weight is 237 g/mol. The molecule has 1 unspecified atom stereocenters. The largest absolute Gasteiger partial charge is 0.494 e. The van der Waals surface area contributed by atoms with E-state index >= 15 is 0 Å². The Hall–Kier alpha value is -1.55. The third-order valence-electron chi connectivity index (χ3n) is 2.66. The molecule has 4 heteroatoms. The lowest BCUT2D eigenvalue weighted by atomic mass is 10.1.